The Morgan fingerprint density at radius 3 is 2.38 bits per heavy atom. The highest BCUT2D eigenvalue weighted by Gasteiger charge is 2.57. The number of alkyl carbamates (subject to hydrolysis) is 1. The lowest BCUT2D eigenvalue weighted by Crippen LogP contribution is -2.68. The zero-order valence-electron chi connectivity index (χ0n) is 39.0. The number of nitrogens with zero attached hydrogens (tertiary/aromatic N) is 3. The third kappa shape index (κ3) is 8.30. The van der Waals surface area contributed by atoms with Crippen LogP contribution in [0.5, 0.6) is 28.7 Å². The minimum Gasteiger partial charge on any atom is -0.507 e. The topological polar surface area (TPSA) is 153 Å². The highest BCUT2D eigenvalue weighted by molar-refractivity contribution is 7.99. The van der Waals surface area contributed by atoms with Crippen molar-refractivity contribution in [3.63, 3.8) is 0 Å². The summed E-state index contributed by atoms with van der Waals surface area (Å²) in [6.45, 7) is 10.1. The SMILES string of the molecule is COCCOCOc1c(OC)c(C)cc2c1[C@H]1C3Cc4c(O)c(C)c5c(c4[C@H](COC(CSCC4c6ccccc6-c6ccccc64)NC(=O)OC(C)(C)C)N3[C@@H](C#N)[C@@H](C2)N1C)OCO5. The molecule has 5 aliphatic rings. The molecule has 2 unspecified atom stereocenters. The second-order valence-electron chi connectivity index (χ2n) is 18.6. The third-order valence-corrected chi connectivity index (χ3v) is 14.7. The number of carbonyl (C=O) groups is 1. The number of rotatable bonds is 15. The van der Waals surface area contributed by atoms with Crippen molar-refractivity contribution >= 4 is 17.9 Å². The molecule has 350 valence electrons. The molecule has 1 fully saturated rings. The highest BCUT2D eigenvalue weighted by atomic mass is 32.2. The van der Waals surface area contributed by atoms with Gasteiger partial charge in [0.25, 0.3) is 0 Å². The van der Waals surface area contributed by atoms with E-state index in [2.05, 4.69) is 82.8 Å². The number of piperazine rings is 1. The summed E-state index contributed by atoms with van der Waals surface area (Å²) >= 11 is 1.70. The van der Waals surface area contributed by atoms with Crippen LogP contribution >= 0.6 is 11.8 Å². The first-order valence-corrected chi connectivity index (χ1v) is 23.8. The number of carbonyl (C=O) groups excluding carboxylic acids is 1. The van der Waals surface area contributed by atoms with Crippen LogP contribution in [0.4, 0.5) is 4.79 Å². The van der Waals surface area contributed by atoms with Crippen LogP contribution in [0.15, 0.2) is 54.6 Å². The van der Waals surface area contributed by atoms with Gasteiger partial charge in [-0.2, -0.15) is 17.0 Å². The molecule has 66 heavy (non-hydrogen) atoms. The summed E-state index contributed by atoms with van der Waals surface area (Å²) in [6, 6.07) is 19.8. The van der Waals surface area contributed by atoms with Gasteiger partial charge in [0.1, 0.15) is 23.6 Å². The van der Waals surface area contributed by atoms with Gasteiger partial charge >= 0.3 is 6.09 Å². The number of nitrogens with one attached hydrogen (secondary N) is 1. The third-order valence-electron chi connectivity index (χ3n) is 13.6. The van der Waals surface area contributed by atoms with E-state index >= 15 is 0 Å². The first kappa shape index (κ1) is 45.9. The van der Waals surface area contributed by atoms with E-state index < -0.39 is 30.0 Å². The van der Waals surface area contributed by atoms with E-state index in [1.807, 2.05) is 34.6 Å². The maximum atomic E-state index is 13.6. The van der Waals surface area contributed by atoms with E-state index in [1.165, 1.54) is 22.3 Å². The maximum absolute atomic E-state index is 13.6. The number of thioether (sulfide) groups is 1. The Kier molecular flexibility index (Phi) is 13.1. The molecule has 4 aliphatic heterocycles. The number of amides is 1. The summed E-state index contributed by atoms with van der Waals surface area (Å²) in [7, 11) is 5.33. The number of hydrogen-bond acceptors (Lipinski definition) is 14. The summed E-state index contributed by atoms with van der Waals surface area (Å²) in [4.78, 5) is 18.1. The first-order valence-electron chi connectivity index (χ1n) is 22.6. The number of benzene rings is 4. The van der Waals surface area contributed by atoms with Gasteiger partial charge in [-0.25, -0.2) is 4.79 Å². The van der Waals surface area contributed by atoms with Gasteiger partial charge in [-0.05, 0) is 87.9 Å². The smallest absolute Gasteiger partial charge is 0.409 e. The van der Waals surface area contributed by atoms with Crippen molar-refractivity contribution in [2.45, 2.75) is 95.4 Å². The second-order valence-corrected chi connectivity index (χ2v) is 19.7. The van der Waals surface area contributed by atoms with Gasteiger partial charge in [-0.15, -0.1) is 0 Å². The summed E-state index contributed by atoms with van der Waals surface area (Å²) < 4.78 is 48.5. The lowest BCUT2D eigenvalue weighted by atomic mass is 9.71. The highest BCUT2D eigenvalue weighted by Crippen LogP contribution is 2.58. The largest absolute Gasteiger partial charge is 0.507 e. The van der Waals surface area contributed by atoms with Gasteiger partial charge < -0.3 is 43.0 Å². The number of methoxy groups -OCH3 is 2. The number of phenols is 1. The zero-order chi connectivity index (χ0) is 46.4. The number of phenolic OH excluding ortho intramolecular Hbond substituents is 1. The molecule has 0 aromatic heterocycles. The van der Waals surface area contributed by atoms with E-state index in [-0.39, 0.29) is 50.0 Å². The van der Waals surface area contributed by atoms with Gasteiger partial charge in [0.2, 0.25) is 6.79 Å². The average molecular weight is 921 g/mol. The number of ether oxygens (including phenoxy) is 8. The summed E-state index contributed by atoms with van der Waals surface area (Å²) in [5, 5.41) is 26.5. The molecule has 0 saturated carbocycles. The van der Waals surface area contributed by atoms with Crippen molar-refractivity contribution in [1.29, 1.82) is 5.26 Å². The number of aromatic hydroxyl groups is 1. The first-order chi connectivity index (χ1) is 31.8. The van der Waals surface area contributed by atoms with Crippen molar-refractivity contribution in [3.8, 4) is 45.9 Å². The summed E-state index contributed by atoms with van der Waals surface area (Å²) in [5.41, 5.74) is 9.27. The molecule has 1 aliphatic carbocycles. The maximum Gasteiger partial charge on any atom is 0.409 e. The van der Waals surface area contributed by atoms with Crippen LogP contribution in [-0.2, 0) is 31.8 Å². The van der Waals surface area contributed by atoms with Crippen LogP contribution in [0.25, 0.3) is 11.1 Å². The molecule has 1 saturated heterocycles. The standard InChI is InChI=1S/C51H60N4O10S/c1-28-19-30-20-37-39(22-52)55-38(44(54(37)6)42(30)48(46(28)59-8)62-26-60-18-17-58-7)21-35-43(49-47(63-27-64-49)29(2)45(35)56)40(55)23-61-41(53-50(57)65-51(3,4)5)25-66-24-36-33-15-11-9-13-31(33)32-14-10-12-16-34(32)36/h9-16,19,36-41,44,56H,17-18,20-21,23-27H2,1-8H3,(H,53,57)/t37-,38?,39+,40+,41?,44-/m1/s1. The van der Waals surface area contributed by atoms with Gasteiger partial charge in [0.05, 0.1) is 45.1 Å². The number of fused-ring (bicyclic) bond motifs is 12. The van der Waals surface area contributed by atoms with E-state index in [0.717, 1.165) is 28.0 Å². The second kappa shape index (κ2) is 18.8. The van der Waals surface area contributed by atoms with Gasteiger partial charge in [-0.3, -0.25) is 15.1 Å². The predicted molar refractivity (Wildman–Crippen MR) is 250 cm³/mol. The monoisotopic (exact) mass is 920 g/mol. The number of aryl methyl sites for hydroxylation is 1. The molecule has 4 heterocycles. The molecule has 6 atom stereocenters. The molecule has 4 aromatic rings. The van der Waals surface area contributed by atoms with E-state index in [0.29, 0.717) is 65.9 Å². The van der Waals surface area contributed by atoms with Crippen LogP contribution in [0.2, 0.25) is 0 Å². The van der Waals surface area contributed by atoms with Gasteiger partial charge in [-0.1, -0.05) is 54.6 Å². The quantitative estimate of drug-likeness (QED) is 0.0877. The van der Waals surface area contributed by atoms with Crippen LogP contribution in [0.1, 0.15) is 83.3 Å². The Hall–Kier alpha value is -5.21. The van der Waals surface area contributed by atoms with Crippen LogP contribution in [0.3, 0.4) is 0 Å². The number of likely N-dealkylation sites (N-methyl/N-ethyl adjacent to an activating group) is 1. The predicted octanol–water partition coefficient (Wildman–Crippen LogP) is 7.93. The molecular formula is C51H60N4O10S. The molecule has 2 N–H and O–H groups in total. The van der Waals surface area contributed by atoms with E-state index in [4.69, 9.17) is 37.9 Å². The molecule has 0 spiro atoms. The van der Waals surface area contributed by atoms with E-state index in [9.17, 15) is 15.2 Å². The lowest BCUT2D eigenvalue weighted by Gasteiger charge is -2.60. The Morgan fingerprint density at radius 2 is 1.70 bits per heavy atom. The lowest BCUT2D eigenvalue weighted by molar-refractivity contribution is -0.0981. The zero-order valence-corrected chi connectivity index (χ0v) is 39.8. The number of nitriles is 1. The van der Waals surface area contributed by atoms with Crippen molar-refractivity contribution in [2.24, 2.45) is 0 Å². The Bertz CT molecular complexity index is 2480. The summed E-state index contributed by atoms with van der Waals surface area (Å²) in [6.07, 6.45) is -0.432. The Labute approximate surface area is 391 Å². The van der Waals surface area contributed by atoms with Crippen molar-refractivity contribution in [1.82, 2.24) is 15.1 Å². The van der Waals surface area contributed by atoms with Crippen molar-refractivity contribution in [2.75, 3.05) is 66.2 Å². The minimum atomic E-state index is -0.789. The van der Waals surface area contributed by atoms with E-state index in [1.54, 1.807) is 26.0 Å². The van der Waals surface area contributed by atoms with Crippen LogP contribution in [0, 0.1) is 25.2 Å². The molecule has 2 bridgehead atoms. The molecule has 4 aromatic carbocycles. The minimum absolute atomic E-state index is 0.00863. The van der Waals surface area contributed by atoms with Gasteiger partial charge in [0, 0.05) is 58.9 Å². The molecule has 1 amide bonds. The fourth-order valence-electron chi connectivity index (χ4n) is 10.9. The molecule has 0 radical (unpaired) electrons. The average Bonchev–Trinajstić information content (AvgIpc) is 3.90. The molecule has 14 nitrogen and oxygen atoms in total. The Balaban J connectivity index is 1.08. The molecule has 9 rings (SSSR count). The fraction of sp³-hybridized carbons (Fsp3) is 0.490. The Morgan fingerprint density at radius 1 is 0.985 bits per heavy atom. The van der Waals surface area contributed by atoms with Crippen molar-refractivity contribution < 1.29 is 47.8 Å². The van der Waals surface area contributed by atoms with Crippen LogP contribution < -0.4 is 24.3 Å². The normalized spacial score (nSPS) is 22.0. The summed E-state index contributed by atoms with van der Waals surface area (Å²) in [5.74, 6) is 3.66. The van der Waals surface area contributed by atoms with Crippen LogP contribution in [-0.4, -0.2) is 117 Å². The van der Waals surface area contributed by atoms with Gasteiger partial charge in [0.15, 0.2) is 29.8 Å². The fourth-order valence-corrected chi connectivity index (χ4v) is 12.1. The molecular weight excluding hydrogens is 861 g/mol. The number of hydrogen-bond donors (Lipinski definition) is 2. The van der Waals surface area contributed by atoms with Crippen molar-refractivity contribution in [3.05, 3.63) is 99.1 Å². The molecule has 15 heteroatoms.